The van der Waals surface area contributed by atoms with Crippen molar-refractivity contribution in [1.29, 1.82) is 0 Å². The van der Waals surface area contributed by atoms with Crippen LogP contribution < -0.4 is 11.1 Å². The molecule has 0 aromatic carbocycles. The molecule has 1 heterocycles. The van der Waals surface area contributed by atoms with Crippen molar-refractivity contribution in [1.82, 2.24) is 20.1 Å². The Balaban J connectivity index is 2.35. The number of alkyl carbamates (subject to hydrolysis) is 1. The van der Waals surface area contributed by atoms with Gasteiger partial charge in [-0.2, -0.15) is 5.10 Å². The maximum atomic E-state index is 11.6. The normalized spacial score (nSPS) is 13.1. The van der Waals surface area contributed by atoms with Gasteiger partial charge < -0.3 is 15.8 Å². The summed E-state index contributed by atoms with van der Waals surface area (Å²) in [5.74, 6) is 0. The summed E-state index contributed by atoms with van der Waals surface area (Å²) < 4.78 is 6.86. The van der Waals surface area contributed by atoms with Crippen LogP contribution >= 0.6 is 0 Å². The highest BCUT2D eigenvalue weighted by Crippen LogP contribution is 2.07. The molecule has 0 spiro atoms. The SMILES string of the molecule is CC(C)(C)OC(=O)NC(CN)CCn1cncn1. The third-order valence-electron chi connectivity index (χ3n) is 2.18. The minimum Gasteiger partial charge on any atom is -0.444 e. The molecule has 0 bridgehead atoms. The summed E-state index contributed by atoms with van der Waals surface area (Å²) in [7, 11) is 0. The van der Waals surface area contributed by atoms with Gasteiger partial charge in [-0.1, -0.05) is 0 Å². The molecule has 7 nitrogen and oxygen atoms in total. The second-order valence-electron chi connectivity index (χ2n) is 5.03. The van der Waals surface area contributed by atoms with E-state index in [1.807, 2.05) is 20.8 Å². The number of hydrogen-bond acceptors (Lipinski definition) is 5. The molecule has 0 saturated heterocycles. The molecule has 1 amide bonds. The van der Waals surface area contributed by atoms with Gasteiger partial charge in [0.1, 0.15) is 18.3 Å². The zero-order valence-electron chi connectivity index (χ0n) is 11.1. The number of aryl methyl sites for hydroxylation is 1. The van der Waals surface area contributed by atoms with E-state index < -0.39 is 11.7 Å². The van der Waals surface area contributed by atoms with E-state index in [9.17, 15) is 4.79 Å². The molecular formula is C11H21N5O2. The molecule has 1 aromatic rings. The van der Waals surface area contributed by atoms with Crippen LogP contribution in [0.2, 0.25) is 0 Å². The van der Waals surface area contributed by atoms with Gasteiger partial charge in [0, 0.05) is 19.1 Å². The Morgan fingerprint density at radius 2 is 2.28 bits per heavy atom. The Morgan fingerprint density at radius 1 is 1.56 bits per heavy atom. The Bertz CT molecular complexity index is 358. The number of nitrogens with one attached hydrogen (secondary N) is 1. The van der Waals surface area contributed by atoms with Crippen LogP contribution in [0.3, 0.4) is 0 Å². The van der Waals surface area contributed by atoms with E-state index in [1.54, 1.807) is 11.0 Å². The number of hydrogen-bond donors (Lipinski definition) is 2. The Hall–Kier alpha value is -1.63. The minimum absolute atomic E-state index is 0.135. The van der Waals surface area contributed by atoms with Crippen molar-refractivity contribution in [3.8, 4) is 0 Å². The molecule has 1 aromatic heterocycles. The number of carbonyl (C=O) groups is 1. The number of rotatable bonds is 5. The molecule has 0 aliphatic rings. The fourth-order valence-corrected chi connectivity index (χ4v) is 1.36. The lowest BCUT2D eigenvalue weighted by Crippen LogP contribution is -2.43. The van der Waals surface area contributed by atoms with Crippen LogP contribution in [0.4, 0.5) is 4.79 Å². The second-order valence-corrected chi connectivity index (χ2v) is 5.03. The summed E-state index contributed by atoms with van der Waals surface area (Å²) in [5.41, 5.74) is 5.10. The van der Waals surface area contributed by atoms with Crippen LogP contribution in [-0.2, 0) is 11.3 Å². The Morgan fingerprint density at radius 3 is 2.78 bits per heavy atom. The monoisotopic (exact) mass is 255 g/mol. The van der Waals surface area contributed by atoms with Gasteiger partial charge in [-0.05, 0) is 27.2 Å². The molecule has 3 N–H and O–H groups in total. The van der Waals surface area contributed by atoms with Crippen LogP contribution in [0.1, 0.15) is 27.2 Å². The molecule has 7 heteroatoms. The Labute approximate surface area is 107 Å². The molecule has 1 atom stereocenters. The fourth-order valence-electron chi connectivity index (χ4n) is 1.36. The predicted molar refractivity (Wildman–Crippen MR) is 66.9 cm³/mol. The van der Waals surface area contributed by atoms with E-state index in [4.69, 9.17) is 10.5 Å². The van der Waals surface area contributed by atoms with Gasteiger partial charge in [0.05, 0.1) is 0 Å². The van der Waals surface area contributed by atoms with Crippen molar-refractivity contribution in [3.05, 3.63) is 12.7 Å². The summed E-state index contributed by atoms with van der Waals surface area (Å²) in [6, 6.07) is -0.135. The lowest BCUT2D eigenvalue weighted by atomic mass is 10.2. The molecule has 0 saturated carbocycles. The summed E-state index contributed by atoms with van der Waals surface area (Å²) in [4.78, 5) is 15.4. The first-order valence-corrected chi connectivity index (χ1v) is 5.92. The number of carbonyl (C=O) groups excluding carboxylic acids is 1. The Kier molecular flexibility index (Phi) is 5.08. The van der Waals surface area contributed by atoms with E-state index in [0.717, 1.165) is 0 Å². The minimum atomic E-state index is -0.505. The van der Waals surface area contributed by atoms with E-state index >= 15 is 0 Å². The number of nitrogens with two attached hydrogens (primary N) is 1. The van der Waals surface area contributed by atoms with Crippen LogP contribution in [-0.4, -0.2) is 39.0 Å². The molecule has 1 unspecified atom stereocenters. The summed E-state index contributed by atoms with van der Waals surface area (Å²) in [6.07, 6.45) is 3.33. The molecule has 18 heavy (non-hydrogen) atoms. The van der Waals surface area contributed by atoms with Gasteiger partial charge in [-0.15, -0.1) is 0 Å². The van der Waals surface area contributed by atoms with Crippen LogP contribution in [0.25, 0.3) is 0 Å². The highest BCUT2D eigenvalue weighted by Gasteiger charge is 2.18. The maximum Gasteiger partial charge on any atom is 0.407 e. The molecule has 0 fully saturated rings. The summed E-state index contributed by atoms with van der Waals surface area (Å²) >= 11 is 0. The average molecular weight is 255 g/mol. The highest BCUT2D eigenvalue weighted by atomic mass is 16.6. The van der Waals surface area contributed by atoms with Gasteiger partial charge in [0.15, 0.2) is 0 Å². The fraction of sp³-hybridized carbons (Fsp3) is 0.727. The first kappa shape index (κ1) is 14.4. The molecule has 1 rings (SSSR count). The van der Waals surface area contributed by atoms with Gasteiger partial charge in [0.2, 0.25) is 0 Å². The number of nitrogens with zero attached hydrogens (tertiary/aromatic N) is 3. The van der Waals surface area contributed by atoms with Gasteiger partial charge in [-0.25, -0.2) is 9.78 Å². The molecule has 0 aliphatic heterocycles. The maximum absolute atomic E-state index is 11.6. The zero-order valence-corrected chi connectivity index (χ0v) is 11.1. The predicted octanol–water partition coefficient (Wildman–Crippen LogP) is 0.520. The van der Waals surface area contributed by atoms with Crippen molar-refractivity contribution < 1.29 is 9.53 Å². The van der Waals surface area contributed by atoms with Gasteiger partial charge in [-0.3, -0.25) is 4.68 Å². The topological polar surface area (TPSA) is 95.1 Å². The standard InChI is InChI=1S/C11H21N5O2/c1-11(2,3)18-10(17)15-9(6-12)4-5-16-8-13-7-14-16/h7-9H,4-6,12H2,1-3H3,(H,15,17). The number of aromatic nitrogens is 3. The molecular weight excluding hydrogens is 234 g/mol. The third kappa shape index (κ3) is 5.62. The van der Waals surface area contributed by atoms with Crippen molar-refractivity contribution in [3.63, 3.8) is 0 Å². The lowest BCUT2D eigenvalue weighted by Gasteiger charge is -2.22. The smallest absolute Gasteiger partial charge is 0.407 e. The van der Waals surface area contributed by atoms with E-state index in [2.05, 4.69) is 15.4 Å². The van der Waals surface area contributed by atoms with Crippen molar-refractivity contribution >= 4 is 6.09 Å². The first-order valence-electron chi connectivity index (χ1n) is 5.92. The van der Waals surface area contributed by atoms with Crippen molar-refractivity contribution in [2.45, 2.75) is 45.4 Å². The molecule has 0 aliphatic carbocycles. The van der Waals surface area contributed by atoms with E-state index in [1.165, 1.54) is 6.33 Å². The van der Waals surface area contributed by atoms with Crippen LogP contribution in [0.15, 0.2) is 12.7 Å². The first-order chi connectivity index (χ1) is 8.40. The lowest BCUT2D eigenvalue weighted by molar-refractivity contribution is 0.0502. The van der Waals surface area contributed by atoms with Gasteiger partial charge in [0.25, 0.3) is 0 Å². The average Bonchev–Trinajstić information content (AvgIpc) is 2.74. The van der Waals surface area contributed by atoms with E-state index in [-0.39, 0.29) is 6.04 Å². The second kappa shape index (κ2) is 6.34. The van der Waals surface area contributed by atoms with Gasteiger partial charge >= 0.3 is 6.09 Å². The zero-order chi connectivity index (χ0) is 13.6. The van der Waals surface area contributed by atoms with Crippen molar-refractivity contribution in [2.75, 3.05) is 6.54 Å². The number of ether oxygens (including phenoxy) is 1. The quantitative estimate of drug-likeness (QED) is 0.799. The molecule has 0 radical (unpaired) electrons. The summed E-state index contributed by atoms with van der Waals surface area (Å²) in [5, 5.41) is 6.72. The van der Waals surface area contributed by atoms with Crippen LogP contribution in [0, 0.1) is 0 Å². The molecule has 102 valence electrons. The van der Waals surface area contributed by atoms with Crippen LogP contribution in [0.5, 0.6) is 0 Å². The summed E-state index contributed by atoms with van der Waals surface area (Å²) in [6.45, 7) is 6.46. The largest absolute Gasteiger partial charge is 0.444 e. The van der Waals surface area contributed by atoms with Crippen molar-refractivity contribution in [2.24, 2.45) is 5.73 Å². The third-order valence-corrected chi connectivity index (χ3v) is 2.18. The highest BCUT2D eigenvalue weighted by molar-refractivity contribution is 5.68. The number of amides is 1. The van der Waals surface area contributed by atoms with E-state index in [0.29, 0.717) is 19.5 Å².